The van der Waals surface area contributed by atoms with E-state index in [1.54, 1.807) is 0 Å². The smallest absolute Gasteiger partial charge is 1.00 e. The van der Waals surface area contributed by atoms with Gasteiger partial charge in [-0.25, -0.2) is 13.9 Å². The molecular formula is CH6Mn2Na2O9P2. The van der Waals surface area contributed by atoms with E-state index in [1.807, 2.05) is 0 Å². The van der Waals surface area contributed by atoms with Crippen LogP contribution in [0.1, 0.15) is 2.85 Å². The van der Waals surface area contributed by atoms with E-state index < -0.39 is 21.8 Å². The number of phosphoric ester groups is 2. The summed E-state index contributed by atoms with van der Waals surface area (Å²) >= 11 is 0. The van der Waals surface area contributed by atoms with Gasteiger partial charge in [0.1, 0.15) is 0 Å². The second kappa shape index (κ2) is 12.6. The average molecular weight is 380 g/mol. The molecule has 16 heavy (non-hydrogen) atoms. The molecule has 0 saturated carbocycles. The summed E-state index contributed by atoms with van der Waals surface area (Å²) < 4.78 is 25.9. The van der Waals surface area contributed by atoms with E-state index in [4.69, 9.17) is 19.6 Å². The SMILES string of the molecule is O=C(OP(=O)(O)O)OP(=O)(O)O.[H-].[H-].[Mn].[Mn].[Na+].[Na+]. The van der Waals surface area contributed by atoms with Crippen LogP contribution >= 0.6 is 15.6 Å². The first-order chi connectivity index (χ1) is 5.10. The molecule has 15 heteroatoms. The van der Waals surface area contributed by atoms with E-state index in [2.05, 4.69) is 9.05 Å². The van der Waals surface area contributed by atoms with E-state index in [0.717, 1.165) is 0 Å². The molecule has 9 nitrogen and oxygen atoms in total. The van der Waals surface area contributed by atoms with Crippen molar-refractivity contribution in [1.82, 2.24) is 0 Å². The number of rotatable bonds is 2. The number of carbonyl (C=O) groups is 1. The van der Waals surface area contributed by atoms with Gasteiger partial charge in [-0.2, -0.15) is 0 Å². The van der Waals surface area contributed by atoms with Crippen LogP contribution in [0.3, 0.4) is 0 Å². The summed E-state index contributed by atoms with van der Waals surface area (Å²) in [6.45, 7) is 0. The molecule has 0 atom stereocenters. The minimum Gasteiger partial charge on any atom is -1.00 e. The van der Waals surface area contributed by atoms with Crippen molar-refractivity contribution >= 4 is 21.8 Å². The van der Waals surface area contributed by atoms with Crippen molar-refractivity contribution in [3.63, 3.8) is 0 Å². The minimum atomic E-state index is -5.13. The number of hydrogen-bond donors (Lipinski definition) is 4. The van der Waals surface area contributed by atoms with Crippen molar-refractivity contribution in [3.8, 4) is 0 Å². The first-order valence-corrected chi connectivity index (χ1v) is 5.20. The maximum Gasteiger partial charge on any atom is 1.00 e. The van der Waals surface area contributed by atoms with Crippen LogP contribution in [-0.4, -0.2) is 25.7 Å². The second-order valence-electron chi connectivity index (χ2n) is 1.41. The van der Waals surface area contributed by atoms with Crippen LogP contribution < -0.4 is 59.1 Å². The van der Waals surface area contributed by atoms with E-state index in [0.29, 0.717) is 0 Å². The molecule has 0 saturated heterocycles. The topological polar surface area (TPSA) is 151 Å². The Labute approximate surface area is 158 Å². The first kappa shape index (κ1) is 31.2. The van der Waals surface area contributed by atoms with Gasteiger partial charge in [-0.15, -0.1) is 0 Å². The van der Waals surface area contributed by atoms with Crippen LogP contribution in [0.25, 0.3) is 0 Å². The Kier molecular flexibility index (Phi) is 24.6. The maximum atomic E-state index is 10.0. The summed E-state index contributed by atoms with van der Waals surface area (Å²) in [5.74, 6) is 0. The van der Waals surface area contributed by atoms with Gasteiger partial charge in [0.2, 0.25) is 0 Å². The van der Waals surface area contributed by atoms with Crippen LogP contribution in [0.2, 0.25) is 0 Å². The second-order valence-corrected chi connectivity index (χ2v) is 3.74. The number of phosphoric acid groups is 2. The van der Waals surface area contributed by atoms with Crippen LogP contribution in [0.15, 0.2) is 0 Å². The predicted molar refractivity (Wildman–Crippen MR) is 33.9 cm³/mol. The van der Waals surface area contributed by atoms with Gasteiger partial charge in [0.25, 0.3) is 0 Å². The normalized spacial score (nSPS) is 9.25. The van der Waals surface area contributed by atoms with Crippen LogP contribution in [0.4, 0.5) is 4.79 Å². The molecule has 4 N–H and O–H groups in total. The Morgan fingerprint density at radius 2 is 1.06 bits per heavy atom. The minimum absolute atomic E-state index is 0. The van der Waals surface area contributed by atoms with Gasteiger partial charge in [-0.05, 0) is 0 Å². The molecule has 0 bridgehead atoms. The van der Waals surface area contributed by atoms with Gasteiger partial charge < -0.3 is 11.9 Å². The summed E-state index contributed by atoms with van der Waals surface area (Å²) in [6, 6.07) is 0. The third-order valence-electron chi connectivity index (χ3n) is 0.387. The van der Waals surface area contributed by atoms with Crippen LogP contribution in [0.5, 0.6) is 0 Å². The molecule has 0 heterocycles. The Morgan fingerprint density at radius 1 is 0.875 bits per heavy atom. The fourth-order valence-corrected chi connectivity index (χ4v) is 0.733. The molecule has 0 aliphatic heterocycles. The maximum absolute atomic E-state index is 10.0. The number of hydrogen-bond acceptors (Lipinski definition) is 5. The zero-order valence-corrected chi connectivity index (χ0v) is 16.1. The van der Waals surface area contributed by atoms with Gasteiger partial charge in [0.05, 0.1) is 0 Å². The fraction of sp³-hybridized carbons (Fsp3) is 0. The first-order valence-electron chi connectivity index (χ1n) is 2.14. The summed E-state index contributed by atoms with van der Waals surface area (Å²) in [5, 5.41) is 0. The average Bonchev–Trinajstić information content (AvgIpc) is 1.49. The van der Waals surface area contributed by atoms with Crippen molar-refractivity contribution < 1.29 is 139 Å². The van der Waals surface area contributed by atoms with Gasteiger partial charge in [0.15, 0.2) is 0 Å². The molecule has 0 amide bonds. The van der Waals surface area contributed by atoms with Gasteiger partial charge in [-0.1, -0.05) is 0 Å². The van der Waals surface area contributed by atoms with Gasteiger partial charge in [0, 0.05) is 34.1 Å². The largest absolute Gasteiger partial charge is 1.00 e. The standard InChI is InChI=1S/CH4O9P2.2Mn.2Na.2H/c2-1(9-11(3,4)5)10-12(6,7)8;;;;;;/h(H2,3,4,5)(H2,6,7,8);;;;;;/q;;;2*+1;2*-1. The molecule has 0 fully saturated rings. The Morgan fingerprint density at radius 3 is 1.19 bits per heavy atom. The van der Waals surface area contributed by atoms with Gasteiger partial charge in [-0.3, -0.25) is 19.6 Å². The summed E-state index contributed by atoms with van der Waals surface area (Å²) in [5.41, 5.74) is 0. The van der Waals surface area contributed by atoms with Crippen molar-refractivity contribution in [3.05, 3.63) is 0 Å². The molecule has 0 rings (SSSR count). The summed E-state index contributed by atoms with van der Waals surface area (Å²) in [6.07, 6.45) is -2.14. The van der Waals surface area contributed by atoms with E-state index in [9.17, 15) is 13.9 Å². The zero-order valence-electron chi connectivity index (χ0n) is 9.98. The van der Waals surface area contributed by atoms with Gasteiger partial charge >= 0.3 is 80.9 Å². The molecule has 2 radical (unpaired) electrons. The summed E-state index contributed by atoms with van der Waals surface area (Å²) in [4.78, 5) is 41.7. The molecule has 0 spiro atoms. The van der Waals surface area contributed by atoms with Crippen molar-refractivity contribution in [2.45, 2.75) is 0 Å². The Hall–Kier alpha value is 2.61. The fourth-order valence-electron chi connectivity index (χ4n) is 0.211. The molecule has 0 unspecified atom stereocenters. The summed E-state index contributed by atoms with van der Waals surface area (Å²) in [7, 11) is -10.3. The molecule has 0 aliphatic carbocycles. The zero-order chi connectivity index (χ0) is 9.99. The van der Waals surface area contributed by atoms with Crippen molar-refractivity contribution in [1.29, 1.82) is 0 Å². The third kappa shape index (κ3) is 25.5. The van der Waals surface area contributed by atoms with Crippen LogP contribution in [-0.2, 0) is 52.3 Å². The van der Waals surface area contributed by atoms with Crippen molar-refractivity contribution in [2.75, 3.05) is 0 Å². The van der Waals surface area contributed by atoms with E-state index in [1.165, 1.54) is 0 Å². The third-order valence-corrected chi connectivity index (χ3v) is 1.16. The molecular weight excluding hydrogens is 374 g/mol. The molecule has 0 aromatic heterocycles. The van der Waals surface area contributed by atoms with E-state index in [-0.39, 0.29) is 96.1 Å². The predicted octanol–water partition coefficient (Wildman–Crippen LogP) is -6.45. The molecule has 90 valence electrons. The molecule has 0 aromatic rings. The number of carbonyl (C=O) groups excluding carboxylic acids is 1. The Balaban J connectivity index is -0.0000000403. The van der Waals surface area contributed by atoms with E-state index >= 15 is 0 Å². The monoisotopic (exact) mass is 380 g/mol. The Bertz CT molecular complexity index is 254. The van der Waals surface area contributed by atoms with Crippen LogP contribution in [0, 0.1) is 0 Å². The molecule has 0 aliphatic rings. The van der Waals surface area contributed by atoms with Crippen molar-refractivity contribution in [2.24, 2.45) is 0 Å². The molecule has 0 aromatic carbocycles. The quantitative estimate of drug-likeness (QED) is 0.271.